The molecule has 1 N–H and O–H groups in total. The van der Waals surface area contributed by atoms with E-state index in [1.807, 2.05) is 0 Å². The number of alkyl halides is 1. The molecule has 0 aromatic carbocycles. The first-order chi connectivity index (χ1) is 7.83. The predicted octanol–water partition coefficient (Wildman–Crippen LogP) is 2.47. The van der Waals surface area contributed by atoms with Crippen molar-refractivity contribution in [1.29, 1.82) is 0 Å². The van der Waals surface area contributed by atoms with Gasteiger partial charge < -0.3 is 10.1 Å². The monoisotopic (exact) mass is 247 g/mol. The fraction of sp³-hybridized carbons (Fsp3) is 0.917. The number of carbonyl (C=O) groups is 1. The van der Waals surface area contributed by atoms with Crippen LogP contribution >= 0.6 is 11.6 Å². The third-order valence-corrected chi connectivity index (χ3v) is 3.12. The number of rotatable bonds is 7. The molecule has 3 nitrogen and oxygen atoms in total. The highest BCUT2D eigenvalue weighted by atomic mass is 35.5. The number of amides is 1. The summed E-state index contributed by atoms with van der Waals surface area (Å²) in [7, 11) is 0. The highest BCUT2D eigenvalue weighted by Gasteiger charge is 2.13. The summed E-state index contributed by atoms with van der Waals surface area (Å²) in [5.41, 5.74) is 0. The number of hydrogen-bond acceptors (Lipinski definition) is 2. The second-order valence-electron chi connectivity index (χ2n) is 4.27. The van der Waals surface area contributed by atoms with Gasteiger partial charge in [-0.1, -0.05) is 0 Å². The lowest BCUT2D eigenvalue weighted by Gasteiger charge is -2.22. The van der Waals surface area contributed by atoms with E-state index in [-0.39, 0.29) is 5.91 Å². The summed E-state index contributed by atoms with van der Waals surface area (Å²) < 4.78 is 5.59. The quantitative estimate of drug-likeness (QED) is 0.555. The van der Waals surface area contributed by atoms with Gasteiger partial charge in [-0.15, -0.1) is 11.6 Å². The van der Waals surface area contributed by atoms with Crippen LogP contribution in [0.4, 0.5) is 0 Å². The maximum Gasteiger partial charge on any atom is 0.219 e. The normalized spacial score (nSPS) is 20.7. The fourth-order valence-electron chi connectivity index (χ4n) is 1.88. The molecule has 1 fully saturated rings. The van der Waals surface area contributed by atoms with Crippen molar-refractivity contribution in [2.45, 2.75) is 51.0 Å². The van der Waals surface area contributed by atoms with Gasteiger partial charge in [-0.05, 0) is 38.5 Å². The van der Waals surface area contributed by atoms with E-state index in [0.717, 1.165) is 38.8 Å². The molecule has 0 aliphatic carbocycles. The first kappa shape index (κ1) is 13.8. The van der Waals surface area contributed by atoms with Gasteiger partial charge in [0.1, 0.15) is 0 Å². The fourth-order valence-corrected chi connectivity index (χ4v) is 2.07. The van der Waals surface area contributed by atoms with E-state index in [1.165, 1.54) is 12.8 Å². The van der Waals surface area contributed by atoms with Crippen molar-refractivity contribution in [3.63, 3.8) is 0 Å². The molecule has 1 unspecified atom stereocenters. The molecule has 1 saturated heterocycles. The number of carbonyl (C=O) groups excluding carboxylic acids is 1. The molecule has 1 rings (SSSR count). The van der Waals surface area contributed by atoms with Crippen LogP contribution in [0.5, 0.6) is 0 Å². The Morgan fingerprint density at radius 2 is 2.25 bits per heavy atom. The Morgan fingerprint density at radius 3 is 2.94 bits per heavy atom. The summed E-state index contributed by atoms with van der Waals surface area (Å²) >= 11 is 5.54. The topological polar surface area (TPSA) is 38.3 Å². The molecular formula is C12H22ClNO2. The largest absolute Gasteiger partial charge is 0.378 e. The zero-order chi connectivity index (χ0) is 11.6. The SMILES string of the molecule is O=C(CCCCCl)NCCC1CCCCO1. The third kappa shape index (κ3) is 6.33. The van der Waals surface area contributed by atoms with E-state index in [1.54, 1.807) is 0 Å². The average Bonchev–Trinajstić information content (AvgIpc) is 2.31. The van der Waals surface area contributed by atoms with Gasteiger partial charge in [-0.3, -0.25) is 4.79 Å². The van der Waals surface area contributed by atoms with Gasteiger partial charge in [-0.25, -0.2) is 0 Å². The summed E-state index contributed by atoms with van der Waals surface area (Å²) in [6.45, 7) is 1.62. The van der Waals surface area contributed by atoms with Crippen LogP contribution in [-0.2, 0) is 9.53 Å². The Bertz CT molecular complexity index is 193. The molecule has 94 valence electrons. The van der Waals surface area contributed by atoms with Gasteiger partial charge in [0.25, 0.3) is 0 Å². The third-order valence-electron chi connectivity index (χ3n) is 2.85. The molecule has 0 saturated carbocycles. The standard InChI is InChI=1S/C12H22ClNO2/c13-8-3-1-6-12(15)14-9-7-11-5-2-4-10-16-11/h11H,1-10H2,(H,14,15). The van der Waals surface area contributed by atoms with Crippen molar-refractivity contribution >= 4 is 17.5 Å². The second-order valence-corrected chi connectivity index (χ2v) is 4.65. The van der Waals surface area contributed by atoms with Crippen LogP contribution < -0.4 is 5.32 Å². The van der Waals surface area contributed by atoms with Crippen molar-refractivity contribution in [1.82, 2.24) is 5.32 Å². The molecule has 0 aromatic heterocycles. The maximum atomic E-state index is 11.4. The molecule has 0 aromatic rings. The van der Waals surface area contributed by atoms with Crippen LogP contribution in [-0.4, -0.2) is 31.0 Å². The molecule has 0 bridgehead atoms. The summed E-state index contributed by atoms with van der Waals surface area (Å²) in [5.74, 6) is 0.782. The highest BCUT2D eigenvalue weighted by Crippen LogP contribution is 2.14. The van der Waals surface area contributed by atoms with E-state index in [0.29, 0.717) is 18.4 Å². The van der Waals surface area contributed by atoms with Gasteiger partial charge >= 0.3 is 0 Å². The Kier molecular flexibility index (Phi) is 7.60. The summed E-state index contributed by atoms with van der Waals surface area (Å²) in [6.07, 6.45) is 7.28. The number of nitrogens with one attached hydrogen (secondary N) is 1. The number of hydrogen-bond donors (Lipinski definition) is 1. The Labute approximate surface area is 103 Å². The number of ether oxygens (including phenoxy) is 1. The molecule has 1 atom stereocenters. The van der Waals surface area contributed by atoms with Crippen molar-refractivity contribution in [3.8, 4) is 0 Å². The van der Waals surface area contributed by atoms with E-state index in [9.17, 15) is 4.79 Å². The second kappa shape index (κ2) is 8.82. The van der Waals surface area contributed by atoms with Gasteiger partial charge in [0.05, 0.1) is 6.10 Å². The van der Waals surface area contributed by atoms with Crippen LogP contribution in [0.15, 0.2) is 0 Å². The molecule has 1 amide bonds. The molecular weight excluding hydrogens is 226 g/mol. The van der Waals surface area contributed by atoms with E-state index in [2.05, 4.69) is 5.32 Å². The van der Waals surface area contributed by atoms with Gasteiger partial charge in [0.15, 0.2) is 0 Å². The zero-order valence-corrected chi connectivity index (χ0v) is 10.6. The average molecular weight is 248 g/mol. The van der Waals surface area contributed by atoms with Gasteiger partial charge in [0, 0.05) is 25.5 Å². The minimum Gasteiger partial charge on any atom is -0.378 e. The van der Waals surface area contributed by atoms with Crippen LogP contribution in [0.3, 0.4) is 0 Å². The predicted molar refractivity (Wildman–Crippen MR) is 65.8 cm³/mol. The molecule has 1 aliphatic heterocycles. The number of unbranched alkanes of at least 4 members (excludes halogenated alkanes) is 1. The molecule has 16 heavy (non-hydrogen) atoms. The first-order valence-electron chi connectivity index (χ1n) is 6.27. The van der Waals surface area contributed by atoms with E-state index in [4.69, 9.17) is 16.3 Å². The molecule has 0 radical (unpaired) electrons. The molecule has 0 spiro atoms. The minimum absolute atomic E-state index is 0.140. The van der Waals surface area contributed by atoms with Gasteiger partial charge in [0.2, 0.25) is 5.91 Å². The van der Waals surface area contributed by atoms with Crippen LogP contribution in [0.1, 0.15) is 44.9 Å². The Balaban J connectivity index is 1.94. The molecule has 4 heteroatoms. The lowest BCUT2D eigenvalue weighted by molar-refractivity contribution is -0.121. The summed E-state index contributed by atoms with van der Waals surface area (Å²) in [4.78, 5) is 11.4. The highest BCUT2D eigenvalue weighted by molar-refractivity contribution is 6.17. The summed E-state index contributed by atoms with van der Waals surface area (Å²) in [6, 6.07) is 0. The minimum atomic E-state index is 0.140. The van der Waals surface area contributed by atoms with Crippen molar-refractivity contribution < 1.29 is 9.53 Å². The number of halogens is 1. The van der Waals surface area contributed by atoms with Crippen molar-refractivity contribution in [2.75, 3.05) is 19.0 Å². The van der Waals surface area contributed by atoms with Crippen LogP contribution in [0.2, 0.25) is 0 Å². The van der Waals surface area contributed by atoms with Crippen LogP contribution in [0, 0.1) is 0 Å². The van der Waals surface area contributed by atoms with Gasteiger partial charge in [-0.2, -0.15) is 0 Å². The smallest absolute Gasteiger partial charge is 0.219 e. The molecule has 1 aliphatic rings. The summed E-state index contributed by atoms with van der Waals surface area (Å²) in [5, 5.41) is 2.93. The van der Waals surface area contributed by atoms with Crippen molar-refractivity contribution in [3.05, 3.63) is 0 Å². The molecule has 1 heterocycles. The Morgan fingerprint density at radius 1 is 1.38 bits per heavy atom. The lowest BCUT2D eigenvalue weighted by atomic mass is 10.1. The van der Waals surface area contributed by atoms with Crippen LogP contribution in [0.25, 0.3) is 0 Å². The Hall–Kier alpha value is -0.280. The van der Waals surface area contributed by atoms with Crippen molar-refractivity contribution in [2.24, 2.45) is 0 Å². The maximum absolute atomic E-state index is 11.4. The lowest BCUT2D eigenvalue weighted by Crippen LogP contribution is -2.29. The van der Waals surface area contributed by atoms with E-state index < -0.39 is 0 Å². The first-order valence-corrected chi connectivity index (χ1v) is 6.80. The zero-order valence-electron chi connectivity index (χ0n) is 9.84. The van der Waals surface area contributed by atoms with E-state index >= 15 is 0 Å².